The summed E-state index contributed by atoms with van der Waals surface area (Å²) in [5.74, 6) is 5.03. The van der Waals surface area contributed by atoms with Gasteiger partial charge in [0.25, 0.3) is 0 Å². The summed E-state index contributed by atoms with van der Waals surface area (Å²) in [4.78, 5) is 9.12. The Kier molecular flexibility index (Phi) is 50.3. The van der Waals surface area contributed by atoms with Gasteiger partial charge < -0.3 is 80.3 Å². The van der Waals surface area contributed by atoms with Gasteiger partial charge in [0.05, 0.1) is 32.1 Å². The number of hydrogen-bond acceptors (Lipinski definition) is 17. The lowest BCUT2D eigenvalue weighted by molar-refractivity contribution is 0.0648. The van der Waals surface area contributed by atoms with E-state index in [1.807, 2.05) is 47.7 Å². The molecule has 12 heterocycles. The standard InChI is InChI=1S/C9H16N2.2C8H15N.C7H13NO.2C7H13N.C6H12N2.C6H11NO.C6H11N.C6H10O2.2C6H10O.CH4/c1-8-7-10-5-4-6-11(3)9(8)2;1-7-5-4-6-9(3)8(7)2;1-7-3-5-9-6-4-8(7)2;1-6-7(2)9-5-4-8(6)3;1-6-4-8(3)5-7(6)2;1-6-4-3-5-8-7(6)2;2*1-5-6(2)8-4-3-7-5;1-5-3-7-4-6(5)2;1-5-6(2)8-4-3-7-5;1-5-3-7-4-6(5)2;1-5-3-4-7-6(5)2;/h4-5,10H,6-7H2,1-3H3;4-6H2,1-3H3;9H,3-6H2,1-2H3;4-5H2,1-3H3;4-5H2,1-3H3;8H,3-5H2,1-2H3;7-8H,3-4H2,1-2H3;7H,3-4H2,1-2H3;7H,3-4H2,1-2H3;3-4H2,1-2H3;2*3-4H2,1-2H3;1H4/b5-4-,9-8-;;;;;;;;;;;;. The highest BCUT2D eigenvalue weighted by atomic mass is 16.6. The van der Waals surface area contributed by atoms with Crippen LogP contribution in [0.2, 0.25) is 0 Å². The van der Waals surface area contributed by atoms with E-state index in [-0.39, 0.29) is 7.43 Å². The van der Waals surface area contributed by atoms with Crippen molar-refractivity contribution >= 4 is 0 Å². The van der Waals surface area contributed by atoms with Crippen molar-refractivity contribution in [2.75, 3.05) is 166 Å². The Morgan fingerprint density at radius 1 is 0.320 bits per heavy atom. The van der Waals surface area contributed by atoms with E-state index in [9.17, 15) is 0 Å². The molecule has 0 aromatic rings. The fourth-order valence-corrected chi connectivity index (χ4v) is 10.5. The Labute approximate surface area is 614 Å². The van der Waals surface area contributed by atoms with E-state index in [0.29, 0.717) is 13.2 Å². The van der Waals surface area contributed by atoms with E-state index < -0.39 is 0 Å². The first kappa shape index (κ1) is 93.9. The second-order valence-corrected chi connectivity index (χ2v) is 28.3. The minimum absolute atomic E-state index is 0. The summed E-state index contributed by atoms with van der Waals surface area (Å²) in [7, 11) is 8.52. The highest BCUT2D eigenvalue weighted by Gasteiger charge is 2.13. The van der Waals surface area contributed by atoms with E-state index in [0.717, 1.165) is 126 Å². The fourth-order valence-electron chi connectivity index (χ4n) is 10.5. The molecule has 0 saturated carbocycles. The molecule has 12 rings (SSSR count). The maximum absolute atomic E-state index is 5.30. The quantitative estimate of drug-likeness (QED) is 0.115. The second-order valence-electron chi connectivity index (χ2n) is 28.3. The molecule has 0 saturated heterocycles. The molecule has 576 valence electrons. The van der Waals surface area contributed by atoms with Crippen LogP contribution in [-0.2, 0) is 28.4 Å². The van der Waals surface area contributed by atoms with Gasteiger partial charge in [-0.1, -0.05) is 52.0 Å². The number of nitrogens with one attached hydrogen (secondary N) is 7. The smallest absolute Gasteiger partial charge is 0.130 e. The third-order valence-electron chi connectivity index (χ3n) is 20.1. The van der Waals surface area contributed by atoms with Crippen LogP contribution in [0.5, 0.6) is 0 Å². The second kappa shape index (κ2) is 53.6. The number of likely N-dealkylation sites (N-methyl/N-ethyl adjacent to an activating group) is 3. The average molecular weight is 1400 g/mol. The third kappa shape index (κ3) is 41.1. The van der Waals surface area contributed by atoms with Crippen LogP contribution in [0.3, 0.4) is 0 Å². The Hall–Kier alpha value is -6.14. The summed E-state index contributed by atoms with van der Waals surface area (Å²) in [6, 6.07) is 0. The molecule has 12 aliphatic heterocycles. The molecule has 12 aliphatic rings. The number of rotatable bonds is 0. The summed E-state index contributed by atoms with van der Waals surface area (Å²) in [6.07, 6.45) is 13.0. The summed E-state index contributed by atoms with van der Waals surface area (Å²) < 4.78 is 31.0. The maximum Gasteiger partial charge on any atom is 0.130 e. The van der Waals surface area contributed by atoms with Crippen molar-refractivity contribution in [3.63, 3.8) is 0 Å². The topological polar surface area (TPSA) is 153 Å². The van der Waals surface area contributed by atoms with Gasteiger partial charge in [-0.2, -0.15) is 0 Å². The van der Waals surface area contributed by atoms with Gasteiger partial charge >= 0.3 is 0 Å². The molecule has 0 radical (unpaired) electrons. The first-order valence-electron chi connectivity index (χ1n) is 37.0. The van der Waals surface area contributed by atoms with Gasteiger partial charge in [-0.15, -0.1) is 0 Å². The molecular weight excluding hydrogens is 1250 g/mol. The average Bonchev–Trinajstić information content (AvgIpc) is 1.60. The fraction of sp³-hybridized carbons (Fsp3) is 0.687. The molecule has 0 aromatic carbocycles. The molecule has 0 aliphatic carbocycles. The van der Waals surface area contributed by atoms with Gasteiger partial charge in [-0.3, -0.25) is 4.90 Å². The van der Waals surface area contributed by atoms with Gasteiger partial charge in [-0.25, -0.2) is 0 Å². The minimum atomic E-state index is 0. The van der Waals surface area contributed by atoms with Gasteiger partial charge in [-0.05, 0) is 259 Å². The van der Waals surface area contributed by atoms with Crippen LogP contribution >= 0.6 is 0 Å². The van der Waals surface area contributed by atoms with Crippen LogP contribution < -0.4 is 37.2 Å². The predicted octanol–water partition coefficient (Wildman–Crippen LogP) is 16.4. The van der Waals surface area contributed by atoms with Crippen LogP contribution in [0.1, 0.15) is 219 Å². The Morgan fingerprint density at radius 2 is 0.800 bits per heavy atom. The summed E-state index contributed by atoms with van der Waals surface area (Å²) in [6.45, 7) is 71.8. The summed E-state index contributed by atoms with van der Waals surface area (Å²) in [5, 5.41) is 22.8. The number of nitrogens with zero attached hydrogens (tertiary/aromatic N) is 4. The van der Waals surface area contributed by atoms with E-state index in [2.05, 4.69) is 216 Å². The van der Waals surface area contributed by atoms with Crippen molar-refractivity contribution in [1.82, 2.24) is 56.8 Å². The Balaban J connectivity index is 0.00000107. The predicted molar refractivity (Wildman–Crippen MR) is 430 cm³/mol. The van der Waals surface area contributed by atoms with Crippen LogP contribution in [0.4, 0.5) is 0 Å². The van der Waals surface area contributed by atoms with Crippen molar-refractivity contribution in [2.45, 2.75) is 219 Å². The van der Waals surface area contributed by atoms with E-state index in [4.69, 9.17) is 28.4 Å². The Morgan fingerprint density at radius 3 is 1.14 bits per heavy atom. The molecule has 0 spiro atoms. The van der Waals surface area contributed by atoms with E-state index in [1.165, 1.54) is 151 Å². The Bertz CT molecular complexity index is 2520. The third-order valence-corrected chi connectivity index (χ3v) is 20.1. The van der Waals surface area contributed by atoms with Crippen molar-refractivity contribution in [1.29, 1.82) is 0 Å². The zero-order valence-electron chi connectivity index (χ0n) is 68.7. The number of hydrogen-bond donors (Lipinski definition) is 7. The summed E-state index contributed by atoms with van der Waals surface area (Å²) >= 11 is 0. The monoisotopic (exact) mass is 1400 g/mol. The van der Waals surface area contributed by atoms with Crippen LogP contribution in [-0.4, -0.2) is 186 Å². The first-order chi connectivity index (χ1) is 46.8. The van der Waals surface area contributed by atoms with Crippen molar-refractivity contribution in [2.24, 2.45) is 0 Å². The van der Waals surface area contributed by atoms with Gasteiger partial charge in [0.2, 0.25) is 0 Å². The number of ether oxygens (including phenoxy) is 6. The molecule has 0 fully saturated rings. The zero-order chi connectivity index (χ0) is 74.6. The SMILES string of the molecule is C.C/C1=C(\C)N(C)C/C=C\NC1.CC1=C(C)CCNCC1.CC1=C(C)CN(C)C1.CC1=C(C)CNC1.CC1=C(C)COC1.CC1=C(C)N(C)CCC1.CC1=C(C)N(C)CCO1.CC1=C(C)NCCC1.CC1=C(C)NCCN1.CC1=C(C)OCC1.CC1=C(C)OCCN1.CC1=C(C)OCCO1. The molecule has 100 heavy (non-hydrogen) atoms. The van der Waals surface area contributed by atoms with Gasteiger partial charge in [0.15, 0.2) is 0 Å². The highest BCUT2D eigenvalue weighted by Crippen LogP contribution is 2.21. The van der Waals surface area contributed by atoms with Gasteiger partial charge in [0.1, 0.15) is 49.5 Å². The van der Waals surface area contributed by atoms with Crippen molar-refractivity contribution in [3.05, 3.63) is 148 Å². The highest BCUT2D eigenvalue weighted by molar-refractivity contribution is 5.20. The molecular formula is C83H153N11O6. The van der Waals surface area contributed by atoms with Crippen LogP contribution in [0.15, 0.2) is 148 Å². The normalized spacial score (nSPS) is 21.5. The lowest BCUT2D eigenvalue weighted by atomic mass is 10.1. The molecule has 0 aromatic heterocycles. The largest absolute Gasteiger partial charge is 0.498 e. The molecule has 7 N–H and O–H groups in total. The number of allylic oxidation sites excluding steroid dienone is 14. The van der Waals surface area contributed by atoms with E-state index >= 15 is 0 Å². The van der Waals surface area contributed by atoms with Crippen molar-refractivity contribution in [3.8, 4) is 0 Å². The molecule has 17 nitrogen and oxygen atoms in total. The van der Waals surface area contributed by atoms with Crippen LogP contribution in [0.25, 0.3) is 0 Å². The van der Waals surface area contributed by atoms with Crippen LogP contribution in [0, 0.1) is 0 Å². The molecule has 17 heteroatoms. The molecule has 0 atom stereocenters. The molecule has 0 amide bonds. The van der Waals surface area contributed by atoms with Gasteiger partial charge in [0, 0.05) is 139 Å². The first-order valence-corrected chi connectivity index (χ1v) is 37.0. The molecule has 0 bridgehead atoms. The summed E-state index contributed by atoms with van der Waals surface area (Å²) in [5.41, 5.74) is 27.2. The lowest BCUT2D eigenvalue weighted by Gasteiger charge is -2.27. The zero-order valence-corrected chi connectivity index (χ0v) is 68.7. The molecule has 0 unspecified atom stereocenters. The van der Waals surface area contributed by atoms with Crippen molar-refractivity contribution < 1.29 is 28.4 Å². The maximum atomic E-state index is 5.30. The van der Waals surface area contributed by atoms with E-state index in [1.54, 1.807) is 27.9 Å². The minimum Gasteiger partial charge on any atom is -0.498 e. The lowest BCUT2D eigenvalue weighted by Crippen LogP contribution is -2.33.